The van der Waals surface area contributed by atoms with Crippen molar-refractivity contribution in [3.05, 3.63) is 80.1 Å². The predicted octanol–water partition coefficient (Wildman–Crippen LogP) is 3.83. The molecule has 1 aromatic carbocycles. The van der Waals surface area contributed by atoms with Crippen LogP contribution in [0.15, 0.2) is 67.0 Å². The summed E-state index contributed by atoms with van der Waals surface area (Å²) in [4.78, 5) is 4.35. The normalized spacial score (nSPS) is 9.67. The molecule has 2 aromatic heterocycles. The van der Waals surface area contributed by atoms with Gasteiger partial charge in [-0.2, -0.15) is 0 Å². The van der Waals surface area contributed by atoms with Crippen LogP contribution in [0, 0.1) is 13.1 Å². The van der Waals surface area contributed by atoms with Crippen molar-refractivity contribution < 1.29 is 23.3 Å². The SMILES string of the molecule is [CH2-][n+]1ccccc1-c1[c-]c(-c2ccccn2)ccc1.[Cl][Pt]. The Balaban J connectivity index is 0.000000774. The third-order valence-corrected chi connectivity index (χ3v) is 2.95. The van der Waals surface area contributed by atoms with Crippen LogP contribution < -0.4 is 4.57 Å². The summed E-state index contributed by atoms with van der Waals surface area (Å²) in [6, 6.07) is 21.3. The van der Waals surface area contributed by atoms with Gasteiger partial charge in [0.15, 0.2) is 0 Å². The van der Waals surface area contributed by atoms with Crippen LogP contribution >= 0.6 is 9.42 Å². The molecule has 109 valence electrons. The molecule has 0 spiro atoms. The Morgan fingerprint density at radius 3 is 2.43 bits per heavy atom. The summed E-state index contributed by atoms with van der Waals surface area (Å²) in [6.07, 6.45) is 3.72. The number of nitrogens with zero attached hydrogens (tertiary/aromatic N) is 2. The van der Waals surface area contributed by atoms with Crippen LogP contribution in [-0.2, 0) is 18.8 Å². The van der Waals surface area contributed by atoms with Gasteiger partial charge >= 0.3 is 28.2 Å². The van der Waals surface area contributed by atoms with Gasteiger partial charge in [0.25, 0.3) is 0 Å². The van der Waals surface area contributed by atoms with E-state index in [0.717, 1.165) is 22.5 Å². The second-order valence-electron chi connectivity index (χ2n) is 4.25. The number of hydrogen-bond acceptors (Lipinski definition) is 1. The first-order valence-electron chi connectivity index (χ1n) is 6.22. The number of aromatic nitrogens is 2. The molecule has 2 nitrogen and oxygen atoms in total. The van der Waals surface area contributed by atoms with Crippen molar-refractivity contribution in [2.24, 2.45) is 0 Å². The first kappa shape index (κ1) is 15.8. The van der Waals surface area contributed by atoms with E-state index in [1.54, 1.807) is 25.0 Å². The molecule has 0 fully saturated rings. The Bertz CT molecular complexity index is 702. The van der Waals surface area contributed by atoms with E-state index in [4.69, 9.17) is 0 Å². The summed E-state index contributed by atoms with van der Waals surface area (Å²) in [5.41, 5.74) is 3.96. The van der Waals surface area contributed by atoms with Gasteiger partial charge in [-0.3, -0.25) is 4.98 Å². The van der Waals surface area contributed by atoms with E-state index in [1.807, 2.05) is 65.4 Å². The van der Waals surface area contributed by atoms with E-state index in [2.05, 4.69) is 27.5 Å². The van der Waals surface area contributed by atoms with Crippen molar-refractivity contribution in [1.82, 2.24) is 4.98 Å². The van der Waals surface area contributed by atoms with Crippen LogP contribution in [0.1, 0.15) is 0 Å². The average molecular weight is 476 g/mol. The molecule has 0 amide bonds. The molecule has 21 heavy (non-hydrogen) atoms. The van der Waals surface area contributed by atoms with Crippen LogP contribution in [0.25, 0.3) is 22.5 Å². The molecular weight excluding hydrogens is 463 g/mol. The summed E-state index contributed by atoms with van der Waals surface area (Å²) in [7, 11) is 8.59. The number of hydrogen-bond donors (Lipinski definition) is 0. The van der Waals surface area contributed by atoms with Crippen molar-refractivity contribution >= 4 is 9.42 Å². The standard InChI is InChI=1S/C17H13N2.ClH.Pt/c1-19-12-5-3-10-17(19)15-8-6-7-14(13-15)16-9-2-4-11-18-16;;/h2-12H,1H2;1H;/q-1;;+1/p-1. The van der Waals surface area contributed by atoms with E-state index in [-0.39, 0.29) is 0 Å². The summed E-state index contributed by atoms with van der Waals surface area (Å²) in [5, 5.41) is 0. The zero-order valence-electron chi connectivity index (χ0n) is 11.1. The maximum absolute atomic E-state index is 4.61. The molecule has 2 heterocycles. The molecule has 0 unspecified atom stereocenters. The third kappa shape index (κ3) is 3.93. The van der Waals surface area contributed by atoms with Crippen LogP contribution in [0.2, 0.25) is 0 Å². The average Bonchev–Trinajstić information content (AvgIpc) is 2.58. The molecule has 0 aliphatic heterocycles. The third-order valence-electron chi connectivity index (χ3n) is 2.95. The molecule has 3 rings (SSSR count). The summed E-state index contributed by atoms with van der Waals surface area (Å²) >= 11 is 1.61. The fraction of sp³-hybridized carbons (Fsp3) is 0. The fourth-order valence-electron chi connectivity index (χ4n) is 2.01. The van der Waals surface area contributed by atoms with E-state index >= 15 is 0 Å². The molecule has 0 saturated carbocycles. The van der Waals surface area contributed by atoms with Gasteiger partial charge in [-0.15, -0.1) is 24.3 Å². The molecule has 0 aliphatic rings. The number of halogens is 1. The monoisotopic (exact) mass is 475 g/mol. The van der Waals surface area contributed by atoms with Gasteiger partial charge in [0, 0.05) is 18.9 Å². The molecule has 0 radical (unpaired) electrons. The first-order chi connectivity index (χ1) is 10.3. The van der Waals surface area contributed by atoms with Crippen molar-refractivity contribution in [1.29, 1.82) is 0 Å². The van der Waals surface area contributed by atoms with Crippen LogP contribution in [0.3, 0.4) is 0 Å². The zero-order valence-corrected chi connectivity index (χ0v) is 14.2. The molecule has 3 aromatic rings. The number of pyridine rings is 2. The Labute approximate surface area is 140 Å². The van der Waals surface area contributed by atoms with Gasteiger partial charge in [-0.05, 0) is 12.1 Å². The Kier molecular flexibility index (Phi) is 5.98. The minimum absolute atomic E-state index is 0.927. The van der Waals surface area contributed by atoms with Crippen LogP contribution in [-0.4, -0.2) is 4.98 Å². The molecule has 0 atom stereocenters. The predicted molar refractivity (Wildman–Crippen MR) is 80.7 cm³/mol. The molecule has 0 N–H and O–H groups in total. The Hall–Kier alpha value is -1.63. The van der Waals surface area contributed by atoms with Crippen LogP contribution in [0.5, 0.6) is 0 Å². The van der Waals surface area contributed by atoms with Gasteiger partial charge in [0.05, 0.1) is 6.20 Å². The van der Waals surface area contributed by atoms with Gasteiger partial charge < -0.3 is 4.57 Å². The number of benzene rings is 1. The van der Waals surface area contributed by atoms with E-state index < -0.39 is 0 Å². The molecule has 4 heteroatoms. The molecule has 0 saturated heterocycles. The van der Waals surface area contributed by atoms with Gasteiger partial charge in [0.1, 0.15) is 5.69 Å². The zero-order chi connectivity index (χ0) is 15.1. The summed E-state index contributed by atoms with van der Waals surface area (Å²) < 4.78 is 1.84. The van der Waals surface area contributed by atoms with Crippen molar-refractivity contribution in [3.8, 4) is 22.5 Å². The van der Waals surface area contributed by atoms with Crippen molar-refractivity contribution in [2.75, 3.05) is 0 Å². The summed E-state index contributed by atoms with van der Waals surface area (Å²) in [6.45, 7) is 0. The Morgan fingerprint density at radius 2 is 1.71 bits per heavy atom. The van der Waals surface area contributed by atoms with Gasteiger partial charge in [-0.1, -0.05) is 35.4 Å². The van der Waals surface area contributed by atoms with Crippen LogP contribution in [0.4, 0.5) is 0 Å². The minimum atomic E-state index is 0.927. The Morgan fingerprint density at radius 1 is 0.952 bits per heavy atom. The molecule has 0 aliphatic carbocycles. The fourth-order valence-corrected chi connectivity index (χ4v) is 2.01. The van der Waals surface area contributed by atoms with Gasteiger partial charge in [0.2, 0.25) is 0 Å². The second kappa shape index (κ2) is 7.97. The van der Waals surface area contributed by atoms with Crippen molar-refractivity contribution in [2.45, 2.75) is 0 Å². The first-order valence-corrected chi connectivity index (χ1v) is 9.04. The van der Waals surface area contributed by atoms with E-state index in [9.17, 15) is 0 Å². The molecular formula is C17H13ClN2Pt-. The quantitative estimate of drug-likeness (QED) is 0.407. The molecule has 0 bridgehead atoms. The second-order valence-corrected chi connectivity index (χ2v) is 4.25. The van der Waals surface area contributed by atoms with E-state index in [0.29, 0.717) is 0 Å². The number of rotatable bonds is 2. The topological polar surface area (TPSA) is 16.8 Å². The maximum atomic E-state index is 4.61. The summed E-state index contributed by atoms with van der Waals surface area (Å²) in [5.74, 6) is 0. The van der Waals surface area contributed by atoms with Crippen molar-refractivity contribution in [3.63, 3.8) is 0 Å². The van der Waals surface area contributed by atoms with E-state index in [1.165, 1.54) is 0 Å². The van der Waals surface area contributed by atoms with Gasteiger partial charge in [-0.25, -0.2) is 0 Å².